The molecule has 1 fully saturated rings. The average molecular weight is 278 g/mol. The molecule has 0 saturated heterocycles. The van der Waals surface area contributed by atoms with Gasteiger partial charge in [-0.1, -0.05) is 29.3 Å². The first-order valence-electron chi connectivity index (χ1n) is 7.49. The molecule has 1 aliphatic carbocycles. The van der Waals surface area contributed by atoms with Gasteiger partial charge in [0.2, 0.25) is 0 Å². The van der Waals surface area contributed by atoms with Crippen LogP contribution in [0.25, 0.3) is 0 Å². The van der Waals surface area contributed by atoms with Crippen molar-refractivity contribution < 1.29 is 14.6 Å². The van der Waals surface area contributed by atoms with Gasteiger partial charge in [-0.05, 0) is 45.1 Å². The zero-order valence-corrected chi connectivity index (χ0v) is 12.8. The quantitative estimate of drug-likeness (QED) is 0.898. The SMILES string of the molecule is COC1CCCC(OCC(O)c2cc(C)cc(C)c2)C1. The molecule has 3 nitrogen and oxygen atoms in total. The number of hydrogen-bond donors (Lipinski definition) is 1. The molecule has 0 aliphatic heterocycles. The van der Waals surface area contributed by atoms with Gasteiger partial charge in [0, 0.05) is 7.11 Å². The molecule has 2 rings (SSSR count). The molecule has 0 radical (unpaired) electrons. The predicted molar refractivity (Wildman–Crippen MR) is 79.9 cm³/mol. The topological polar surface area (TPSA) is 38.7 Å². The highest BCUT2D eigenvalue weighted by Crippen LogP contribution is 2.25. The van der Waals surface area contributed by atoms with Crippen LogP contribution in [0.1, 0.15) is 48.5 Å². The minimum Gasteiger partial charge on any atom is -0.386 e. The van der Waals surface area contributed by atoms with Gasteiger partial charge in [-0.2, -0.15) is 0 Å². The van der Waals surface area contributed by atoms with Crippen molar-refractivity contribution in [1.82, 2.24) is 0 Å². The van der Waals surface area contributed by atoms with E-state index in [-0.39, 0.29) is 6.10 Å². The minimum atomic E-state index is -0.545. The Hall–Kier alpha value is -0.900. The Labute approximate surface area is 121 Å². The lowest BCUT2D eigenvalue weighted by Gasteiger charge is -2.29. The number of benzene rings is 1. The van der Waals surface area contributed by atoms with Crippen LogP contribution in [0.2, 0.25) is 0 Å². The predicted octanol–water partition coefficient (Wildman–Crippen LogP) is 3.31. The fourth-order valence-corrected chi connectivity index (χ4v) is 2.99. The van der Waals surface area contributed by atoms with Crippen LogP contribution in [0, 0.1) is 13.8 Å². The van der Waals surface area contributed by atoms with Crippen molar-refractivity contribution in [2.24, 2.45) is 0 Å². The normalized spacial score (nSPS) is 24.6. The van der Waals surface area contributed by atoms with Crippen LogP contribution in [0.3, 0.4) is 0 Å². The van der Waals surface area contributed by atoms with Crippen molar-refractivity contribution in [1.29, 1.82) is 0 Å². The number of aliphatic hydroxyl groups excluding tert-OH is 1. The largest absolute Gasteiger partial charge is 0.386 e. The standard InChI is InChI=1S/C17H26O3/c1-12-7-13(2)9-14(8-12)17(18)11-20-16-6-4-5-15(10-16)19-3/h7-9,15-18H,4-6,10-11H2,1-3H3. The molecule has 3 atom stereocenters. The molecule has 0 aromatic heterocycles. The summed E-state index contributed by atoms with van der Waals surface area (Å²) in [6.45, 7) is 4.47. The highest BCUT2D eigenvalue weighted by Gasteiger charge is 2.23. The van der Waals surface area contributed by atoms with Crippen molar-refractivity contribution in [2.75, 3.05) is 13.7 Å². The lowest BCUT2D eigenvalue weighted by molar-refractivity contribution is -0.0570. The third-order valence-corrected chi connectivity index (χ3v) is 4.03. The molecule has 0 spiro atoms. The number of rotatable bonds is 5. The summed E-state index contributed by atoms with van der Waals surface area (Å²) in [6.07, 6.45) is 4.26. The molecule has 1 aromatic carbocycles. The molecule has 0 amide bonds. The van der Waals surface area contributed by atoms with Crippen LogP contribution in [0.5, 0.6) is 0 Å². The molecule has 1 aromatic rings. The Morgan fingerprint density at radius 1 is 1.15 bits per heavy atom. The van der Waals surface area contributed by atoms with E-state index in [1.807, 2.05) is 26.0 Å². The van der Waals surface area contributed by atoms with Crippen molar-refractivity contribution in [2.45, 2.75) is 57.8 Å². The van der Waals surface area contributed by atoms with Crippen molar-refractivity contribution in [3.63, 3.8) is 0 Å². The summed E-state index contributed by atoms with van der Waals surface area (Å²) in [5, 5.41) is 10.3. The molecular weight excluding hydrogens is 252 g/mol. The van der Waals surface area contributed by atoms with E-state index in [1.54, 1.807) is 7.11 Å². The summed E-state index contributed by atoms with van der Waals surface area (Å²) < 4.78 is 11.3. The van der Waals surface area contributed by atoms with Crippen LogP contribution >= 0.6 is 0 Å². The second-order valence-electron chi connectivity index (χ2n) is 5.92. The van der Waals surface area contributed by atoms with Gasteiger partial charge >= 0.3 is 0 Å². The summed E-state index contributed by atoms with van der Waals surface area (Å²) in [7, 11) is 1.76. The maximum Gasteiger partial charge on any atom is 0.102 e. The number of aliphatic hydroxyl groups is 1. The van der Waals surface area contributed by atoms with Crippen molar-refractivity contribution >= 4 is 0 Å². The van der Waals surface area contributed by atoms with Gasteiger partial charge in [0.25, 0.3) is 0 Å². The lowest BCUT2D eigenvalue weighted by atomic mass is 9.95. The molecule has 0 heterocycles. The number of hydrogen-bond acceptors (Lipinski definition) is 3. The van der Waals surface area contributed by atoms with E-state index in [1.165, 1.54) is 11.1 Å². The Morgan fingerprint density at radius 2 is 1.80 bits per heavy atom. The molecule has 3 heteroatoms. The van der Waals surface area contributed by atoms with Gasteiger partial charge in [-0.3, -0.25) is 0 Å². The van der Waals surface area contributed by atoms with Gasteiger partial charge in [-0.25, -0.2) is 0 Å². The molecule has 3 unspecified atom stereocenters. The third-order valence-electron chi connectivity index (χ3n) is 4.03. The van der Waals surface area contributed by atoms with Gasteiger partial charge in [0.15, 0.2) is 0 Å². The third kappa shape index (κ3) is 4.30. The molecular formula is C17H26O3. The number of aryl methyl sites for hydroxylation is 2. The number of ether oxygens (including phenoxy) is 2. The minimum absolute atomic E-state index is 0.217. The van der Waals surface area contributed by atoms with Crippen LogP contribution in [0.4, 0.5) is 0 Å². The highest BCUT2D eigenvalue weighted by molar-refractivity contribution is 5.29. The zero-order chi connectivity index (χ0) is 14.5. The first kappa shape index (κ1) is 15.5. The summed E-state index contributed by atoms with van der Waals surface area (Å²) in [5.41, 5.74) is 3.30. The maximum atomic E-state index is 10.3. The van der Waals surface area contributed by atoms with E-state index in [9.17, 15) is 5.11 Å². The van der Waals surface area contributed by atoms with Gasteiger partial charge in [0.05, 0.1) is 18.8 Å². The Bertz CT molecular complexity index is 410. The molecule has 1 saturated carbocycles. The van der Waals surface area contributed by atoms with Crippen molar-refractivity contribution in [3.8, 4) is 0 Å². The fourth-order valence-electron chi connectivity index (χ4n) is 2.99. The van der Waals surface area contributed by atoms with E-state index in [0.717, 1.165) is 31.2 Å². The van der Waals surface area contributed by atoms with Crippen LogP contribution < -0.4 is 0 Å². The smallest absolute Gasteiger partial charge is 0.102 e. The zero-order valence-electron chi connectivity index (χ0n) is 12.8. The van der Waals surface area contributed by atoms with Gasteiger partial charge < -0.3 is 14.6 Å². The van der Waals surface area contributed by atoms with Crippen LogP contribution in [-0.2, 0) is 9.47 Å². The van der Waals surface area contributed by atoms with Crippen LogP contribution in [-0.4, -0.2) is 31.0 Å². The maximum absolute atomic E-state index is 10.3. The summed E-state index contributed by atoms with van der Waals surface area (Å²) >= 11 is 0. The molecule has 1 N–H and O–H groups in total. The summed E-state index contributed by atoms with van der Waals surface area (Å²) in [5.74, 6) is 0. The van der Waals surface area contributed by atoms with Crippen molar-refractivity contribution in [3.05, 3.63) is 34.9 Å². The van der Waals surface area contributed by atoms with Gasteiger partial charge in [-0.15, -0.1) is 0 Å². The van der Waals surface area contributed by atoms with Gasteiger partial charge in [0.1, 0.15) is 6.10 Å². The Kier molecular flexibility index (Phi) is 5.58. The Balaban J connectivity index is 1.86. The van der Waals surface area contributed by atoms with E-state index in [4.69, 9.17) is 9.47 Å². The summed E-state index contributed by atoms with van der Waals surface area (Å²) in [4.78, 5) is 0. The van der Waals surface area contributed by atoms with Crippen LogP contribution in [0.15, 0.2) is 18.2 Å². The monoisotopic (exact) mass is 278 g/mol. The fraction of sp³-hybridized carbons (Fsp3) is 0.647. The average Bonchev–Trinajstić information content (AvgIpc) is 2.44. The first-order chi connectivity index (χ1) is 9.58. The first-order valence-corrected chi connectivity index (χ1v) is 7.49. The summed E-state index contributed by atoms with van der Waals surface area (Å²) in [6, 6.07) is 6.17. The molecule has 1 aliphatic rings. The molecule has 0 bridgehead atoms. The second-order valence-corrected chi connectivity index (χ2v) is 5.92. The molecule has 20 heavy (non-hydrogen) atoms. The highest BCUT2D eigenvalue weighted by atomic mass is 16.5. The van der Waals surface area contributed by atoms with E-state index in [2.05, 4.69) is 6.07 Å². The Morgan fingerprint density at radius 3 is 2.45 bits per heavy atom. The van der Waals surface area contributed by atoms with E-state index >= 15 is 0 Å². The lowest BCUT2D eigenvalue weighted by Crippen LogP contribution is -2.28. The number of methoxy groups -OCH3 is 1. The van der Waals surface area contributed by atoms with E-state index in [0.29, 0.717) is 12.7 Å². The molecule has 112 valence electrons. The second kappa shape index (κ2) is 7.21. The van der Waals surface area contributed by atoms with E-state index < -0.39 is 6.10 Å².